The number of carbonyl (C=O) groups is 2. The largest absolute Gasteiger partial charge is 0.478 e. The molecule has 1 rings (SSSR count). The highest BCUT2D eigenvalue weighted by molar-refractivity contribution is 5.89. The number of nitrogen functional groups attached to an aromatic ring is 1. The molecule has 0 aliphatic carbocycles. The van der Waals surface area contributed by atoms with E-state index in [1.165, 1.54) is 19.1 Å². The molecule has 1 aromatic rings. The van der Waals surface area contributed by atoms with E-state index in [9.17, 15) is 9.59 Å². The van der Waals surface area contributed by atoms with E-state index in [1.54, 1.807) is 6.07 Å². The Morgan fingerprint density at radius 3 is 2.71 bits per heavy atom. The maximum atomic E-state index is 10.7. The maximum Gasteiger partial charge on any atom is 0.335 e. The lowest BCUT2D eigenvalue weighted by atomic mass is 10.1. The van der Waals surface area contributed by atoms with Crippen molar-refractivity contribution in [2.75, 3.05) is 12.3 Å². The van der Waals surface area contributed by atoms with Crippen molar-refractivity contribution in [2.45, 2.75) is 6.92 Å². The van der Waals surface area contributed by atoms with Gasteiger partial charge in [0.1, 0.15) is 0 Å². The van der Waals surface area contributed by atoms with Gasteiger partial charge in [-0.25, -0.2) is 4.79 Å². The first-order valence-electron chi connectivity index (χ1n) is 4.87. The van der Waals surface area contributed by atoms with Gasteiger partial charge in [0.15, 0.2) is 0 Å². The molecule has 88 valence electrons. The first-order valence-corrected chi connectivity index (χ1v) is 4.87. The molecule has 0 atom stereocenters. The predicted molar refractivity (Wildman–Crippen MR) is 63.4 cm³/mol. The third-order valence-corrected chi connectivity index (χ3v) is 1.95. The van der Waals surface area contributed by atoms with Crippen molar-refractivity contribution in [3.05, 3.63) is 29.3 Å². The summed E-state index contributed by atoms with van der Waals surface area (Å²) in [7, 11) is 0. The van der Waals surface area contributed by atoms with Crippen molar-refractivity contribution in [3.8, 4) is 11.8 Å². The van der Waals surface area contributed by atoms with Crippen LogP contribution in [-0.4, -0.2) is 23.5 Å². The van der Waals surface area contributed by atoms with E-state index in [2.05, 4.69) is 17.2 Å². The molecule has 0 bridgehead atoms. The molecule has 5 heteroatoms. The fourth-order valence-corrected chi connectivity index (χ4v) is 1.12. The Labute approximate surface area is 98.6 Å². The number of anilines is 1. The number of nitrogens with one attached hydrogen (secondary N) is 1. The summed E-state index contributed by atoms with van der Waals surface area (Å²) in [5.41, 5.74) is 6.62. The highest BCUT2D eigenvalue weighted by atomic mass is 16.4. The SMILES string of the molecule is CC(=O)NCC#Cc1ccc(C(=O)O)cc1N. The molecule has 5 nitrogen and oxygen atoms in total. The van der Waals surface area contributed by atoms with Crippen molar-refractivity contribution in [1.29, 1.82) is 0 Å². The van der Waals surface area contributed by atoms with Gasteiger partial charge < -0.3 is 16.2 Å². The van der Waals surface area contributed by atoms with Gasteiger partial charge in [0, 0.05) is 18.2 Å². The van der Waals surface area contributed by atoms with Gasteiger partial charge in [-0.15, -0.1) is 0 Å². The third kappa shape index (κ3) is 3.87. The summed E-state index contributed by atoms with van der Waals surface area (Å²) in [6.07, 6.45) is 0. The number of carbonyl (C=O) groups excluding carboxylic acids is 1. The molecule has 1 aromatic carbocycles. The van der Waals surface area contributed by atoms with E-state index in [0.717, 1.165) is 0 Å². The zero-order valence-corrected chi connectivity index (χ0v) is 9.28. The van der Waals surface area contributed by atoms with Crippen LogP contribution in [0, 0.1) is 11.8 Å². The minimum absolute atomic E-state index is 0.120. The van der Waals surface area contributed by atoms with Crippen LogP contribution >= 0.6 is 0 Å². The number of nitrogens with two attached hydrogens (primary N) is 1. The molecule has 0 spiro atoms. The number of hydrogen-bond acceptors (Lipinski definition) is 3. The van der Waals surface area contributed by atoms with Crippen molar-refractivity contribution < 1.29 is 14.7 Å². The molecule has 0 aliphatic heterocycles. The maximum absolute atomic E-state index is 10.7. The number of rotatable bonds is 2. The summed E-state index contributed by atoms with van der Waals surface area (Å²) in [5.74, 6) is 4.27. The lowest BCUT2D eigenvalue weighted by Gasteiger charge is -2.00. The van der Waals surface area contributed by atoms with Gasteiger partial charge in [0.2, 0.25) is 5.91 Å². The van der Waals surface area contributed by atoms with E-state index < -0.39 is 5.97 Å². The van der Waals surface area contributed by atoms with Crippen LogP contribution in [0.3, 0.4) is 0 Å². The van der Waals surface area contributed by atoms with Crippen molar-refractivity contribution >= 4 is 17.6 Å². The highest BCUT2D eigenvalue weighted by Gasteiger charge is 2.04. The monoisotopic (exact) mass is 232 g/mol. The van der Waals surface area contributed by atoms with Gasteiger partial charge in [0.05, 0.1) is 12.1 Å². The Morgan fingerprint density at radius 2 is 2.18 bits per heavy atom. The molecule has 17 heavy (non-hydrogen) atoms. The van der Waals surface area contributed by atoms with Crippen LogP contribution in [0.15, 0.2) is 18.2 Å². The van der Waals surface area contributed by atoms with Crippen LogP contribution < -0.4 is 11.1 Å². The molecule has 0 heterocycles. The predicted octanol–water partition coefficient (Wildman–Crippen LogP) is 0.455. The average molecular weight is 232 g/mol. The summed E-state index contributed by atoms with van der Waals surface area (Å²) >= 11 is 0. The zero-order valence-electron chi connectivity index (χ0n) is 9.28. The molecule has 0 fully saturated rings. The molecule has 1 amide bonds. The quantitative estimate of drug-likeness (QED) is 0.510. The van der Waals surface area contributed by atoms with Crippen molar-refractivity contribution in [1.82, 2.24) is 5.32 Å². The van der Waals surface area contributed by atoms with E-state index in [-0.39, 0.29) is 18.0 Å². The summed E-state index contributed by atoms with van der Waals surface area (Å²) < 4.78 is 0. The van der Waals surface area contributed by atoms with E-state index in [1.807, 2.05) is 0 Å². The Kier molecular flexibility index (Phi) is 4.12. The standard InChI is InChI=1S/C12H12N2O3/c1-8(15)14-6-2-3-9-4-5-10(12(16)17)7-11(9)13/h4-5,7H,6,13H2,1H3,(H,14,15)(H,16,17). The number of carboxylic acids is 1. The summed E-state index contributed by atoms with van der Waals surface area (Å²) in [6.45, 7) is 1.63. The molecule has 0 radical (unpaired) electrons. The molecule has 0 saturated heterocycles. The molecular weight excluding hydrogens is 220 g/mol. The Morgan fingerprint density at radius 1 is 1.47 bits per heavy atom. The Hall–Kier alpha value is -2.48. The number of amides is 1. The normalized spacial score (nSPS) is 9.00. The first-order chi connectivity index (χ1) is 8.00. The van der Waals surface area contributed by atoms with Crippen LogP contribution in [0.5, 0.6) is 0 Å². The smallest absolute Gasteiger partial charge is 0.335 e. The first kappa shape index (κ1) is 12.6. The third-order valence-electron chi connectivity index (χ3n) is 1.95. The van der Waals surface area contributed by atoms with Gasteiger partial charge in [-0.05, 0) is 18.2 Å². The van der Waals surface area contributed by atoms with E-state index in [0.29, 0.717) is 11.3 Å². The Balaban J connectivity index is 2.79. The van der Waals surface area contributed by atoms with Gasteiger partial charge in [-0.2, -0.15) is 0 Å². The van der Waals surface area contributed by atoms with Gasteiger partial charge in [-0.3, -0.25) is 4.79 Å². The molecule has 0 aromatic heterocycles. The zero-order chi connectivity index (χ0) is 12.8. The second kappa shape index (κ2) is 5.56. The molecule has 0 saturated carbocycles. The average Bonchev–Trinajstić information content (AvgIpc) is 2.25. The molecule has 0 unspecified atom stereocenters. The topological polar surface area (TPSA) is 92.4 Å². The number of aromatic carboxylic acids is 1. The van der Waals surface area contributed by atoms with Crippen LogP contribution in [0.2, 0.25) is 0 Å². The van der Waals surface area contributed by atoms with E-state index in [4.69, 9.17) is 10.8 Å². The van der Waals surface area contributed by atoms with E-state index >= 15 is 0 Å². The summed E-state index contributed by atoms with van der Waals surface area (Å²) in [5, 5.41) is 11.3. The molecular formula is C12H12N2O3. The van der Waals surface area contributed by atoms with Gasteiger partial charge in [0.25, 0.3) is 0 Å². The van der Waals surface area contributed by atoms with Crippen LogP contribution in [0.25, 0.3) is 0 Å². The summed E-state index contributed by atoms with van der Waals surface area (Å²) in [4.78, 5) is 21.2. The minimum atomic E-state index is -1.03. The second-order valence-electron chi connectivity index (χ2n) is 3.32. The lowest BCUT2D eigenvalue weighted by Crippen LogP contribution is -2.19. The number of carboxylic acid groups (broad SMARTS) is 1. The van der Waals surface area contributed by atoms with Crippen LogP contribution in [0.4, 0.5) is 5.69 Å². The fraction of sp³-hybridized carbons (Fsp3) is 0.167. The second-order valence-corrected chi connectivity index (χ2v) is 3.32. The summed E-state index contributed by atoms with van der Waals surface area (Å²) in [6, 6.07) is 4.32. The number of benzene rings is 1. The van der Waals surface area contributed by atoms with Gasteiger partial charge >= 0.3 is 5.97 Å². The van der Waals surface area contributed by atoms with Crippen molar-refractivity contribution in [3.63, 3.8) is 0 Å². The lowest BCUT2D eigenvalue weighted by molar-refractivity contribution is -0.118. The van der Waals surface area contributed by atoms with Crippen molar-refractivity contribution in [2.24, 2.45) is 0 Å². The molecule has 4 N–H and O–H groups in total. The molecule has 0 aliphatic rings. The number of hydrogen-bond donors (Lipinski definition) is 3. The Bertz CT molecular complexity index is 512. The highest BCUT2D eigenvalue weighted by Crippen LogP contribution is 2.12. The minimum Gasteiger partial charge on any atom is -0.478 e. The van der Waals surface area contributed by atoms with Crippen LogP contribution in [0.1, 0.15) is 22.8 Å². The fourth-order valence-electron chi connectivity index (χ4n) is 1.12. The van der Waals surface area contributed by atoms with Gasteiger partial charge in [-0.1, -0.05) is 11.8 Å². The van der Waals surface area contributed by atoms with Crippen LogP contribution in [-0.2, 0) is 4.79 Å².